The van der Waals surface area contributed by atoms with Gasteiger partial charge in [0.2, 0.25) is 0 Å². The van der Waals surface area contributed by atoms with Crippen molar-refractivity contribution in [3.63, 3.8) is 0 Å². The Hall–Kier alpha value is -1.77. The third kappa shape index (κ3) is 2.11. The third-order valence-electron chi connectivity index (χ3n) is 3.30. The molecule has 0 aliphatic heterocycles. The van der Waals surface area contributed by atoms with Crippen molar-refractivity contribution in [3.8, 4) is 0 Å². The van der Waals surface area contributed by atoms with Crippen molar-refractivity contribution < 1.29 is 4.79 Å². The number of para-hydroxylation sites is 1. The highest BCUT2D eigenvalue weighted by atomic mass is 35.5. The summed E-state index contributed by atoms with van der Waals surface area (Å²) in [7, 11) is 0. The van der Waals surface area contributed by atoms with Gasteiger partial charge in [-0.2, -0.15) is 0 Å². The van der Waals surface area contributed by atoms with Crippen LogP contribution in [0, 0.1) is 6.92 Å². The minimum Gasteiger partial charge on any atom is -0.358 e. The number of rotatable bonds is 2. The van der Waals surface area contributed by atoms with E-state index in [9.17, 15) is 4.79 Å². The predicted molar refractivity (Wildman–Crippen MR) is 82.9 cm³/mol. The lowest BCUT2D eigenvalue weighted by Gasteiger charge is -2.04. The maximum Gasteiger partial charge on any atom is 0.196 e. The van der Waals surface area contributed by atoms with Gasteiger partial charge in [-0.05, 0) is 31.2 Å². The Morgan fingerprint density at radius 2 is 1.85 bits per heavy atom. The number of ketones is 1. The number of aromatic amines is 1. The zero-order valence-electron chi connectivity index (χ0n) is 10.7. The molecule has 2 aromatic carbocycles. The molecule has 0 bridgehead atoms. The molecule has 3 aromatic rings. The van der Waals surface area contributed by atoms with Crippen molar-refractivity contribution in [2.24, 2.45) is 0 Å². The maximum atomic E-state index is 12.7. The molecular formula is C16H11Cl2NO. The Morgan fingerprint density at radius 1 is 1.10 bits per heavy atom. The van der Waals surface area contributed by atoms with Crippen molar-refractivity contribution in [2.45, 2.75) is 6.92 Å². The molecule has 4 heteroatoms. The molecule has 0 atom stereocenters. The van der Waals surface area contributed by atoms with Crippen LogP contribution in [-0.2, 0) is 0 Å². The molecule has 0 fully saturated rings. The molecule has 1 aromatic heterocycles. The normalized spacial score (nSPS) is 10.9. The second-order valence-corrected chi connectivity index (χ2v) is 5.47. The van der Waals surface area contributed by atoms with E-state index >= 15 is 0 Å². The van der Waals surface area contributed by atoms with Crippen LogP contribution in [0.25, 0.3) is 10.9 Å². The average molecular weight is 304 g/mol. The minimum atomic E-state index is -0.0957. The van der Waals surface area contributed by atoms with E-state index in [2.05, 4.69) is 4.98 Å². The van der Waals surface area contributed by atoms with E-state index in [-0.39, 0.29) is 5.78 Å². The van der Waals surface area contributed by atoms with Crippen LogP contribution in [0.4, 0.5) is 0 Å². The van der Waals surface area contributed by atoms with E-state index in [0.717, 1.165) is 16.6 Å². The van der Waals surface area contributed by atoms with Crippen LogP contribution < -0.4 is 0 Å². The van der Waals surface area contributed by atoms with Crippen LogP contribution in [0.3, 0.4) is 0 Å². The highest BCUT2D eigenvalue weighted by molar-refractivity contribution is 6.38. The maximum absolute atomic E-state index is 12.7. The molecule has 20 heavy (non-hydrogen) atoms. The standard InChI is InChI=1S/C16H11Cl2NO/c1-9-15(12-4-2-3-5-14(12)19-9)16(20)11-7-6-10(17)8-13(11)18/h2-8,19H,1H3. The van der Waals surface area contributed by atoms with Crippen molar-refractivity contribution >= 4 is 39.9 Å². The number of hydrogen-bond donors (Lipinski definition) is 1. The number of carbonyl (C=O) groups is 1. The smallest absolute Gasteiger partial charge is 0.196 e. The molecule has 0 saturated heterocycles. The van der Waals surface area contributed by atoms with Gasteiger partial charge in [0.15, 0.2) is 5.78 Å². The van der Waals surface area contributed by atoms with E-state index in [1.807, 2.05) is 31.2 Å². The number of aromatic nitrogens is 1. The van der Waals surface area contributed by atoms with Crippen LogP contribution in [0.1, 0.15) is 21.6 Å². The van der Waals surface area contributed by atoms with E-state index < -0.39 is 0 Å². The first-order valence-electron chi connectivity index (χ1n) is 6.15. The summed E-state index contributed by atoms with van der Waals surface area (Å²) >= 11 is 12.0. The summed E-state index contributed by atoms with van der Waals surface area (Å²) < 4.78 is 0. The molecule has 0 saturated carbocycles. The van der Waals surface area contributed by atoms with Crippen molar-refractivity contribution in [1.29, 1.82) is 0 Å². The Balaban J connectivity index is 2.20. The van der Waals surface area contributed by atoms with Crippen LogP contribution >= 0.6 is 23.2 Å². The molecule has 2 nitrogen and oxygen atoms in total. The van der Waals surface area contributed by atoms with Gasteiger partial charge in [-0.1, -0.05) is 41.4 Å². The van der Waals surface area contributed by atoms with Gasteiger partial charge in [0.25, 0.3) is 0 Å². The second kappa shape index (κ2) is 4.97. The molecule has 0 aliphatic rings. The first-order valence-corrected chi connectivity index (χ1v) is 6.90. The molecule has 0 aliphatic carbocycles. The summed E-state index contributed by atoms with van der Waals surface area (Å²) in [6, 6.07) is 12.6. The molecule has 0 radical (unpaired) electrons. The van der Waals surface area contributed by atoms with Gasteiger partial charge in [-0.3, -0.25) is 4.79 Å². The zero-order valence-corrected chi connectivity index (χ0v) is 12.2. The SMILES string of the molecule is Cc1[nH]c2ccccc2c1C(=O)c1ccc(Cl)cc1Cl. The number of hydrogen-bond acceptors (Lipinski definition) is 1. The van der Waals surface area contributed by atoms with Gasteiger partial charge in [0, 0.05) is 27.2 Å². The van der Waals surface area contributed by atoms with E-state index in [4.69, 9.17) is 23.2 Å². The van der Waals surface area contributed by atoms with Crippen molar-refractivity contribution in [1.82, 2.24) is 4.98 Å². The summed E-state index contributed by atoms with van der Waals surface area (Å²) in [6.07, 6.45) is 0. The Kier molecular flexibility index (Phi) is 3.28. The minimum absolute atomic E-state index is 0.0957. The molecule has 0 unspecified atom stereocenters. The summed E-state index contributed by atoms with van der Waals surface area (Å²) in [5.74, 6) is -0.0957. The lowest BCUT2D eigenvalue weighted by Crippen LogP contribution is -2.03. The van der Waals surface area contributed by atoms with Gasteiger partial charge in [0.05, 0.1) is 10.6 Å². The zero-order chi connectivity index (χ0) is 14.3. The molecule has 3 rings (SSSR count). The summed E-state index contributed by atoms with van der Waals surface area (Å²) in [5, 5.41) is 1.79. The number of H-pyrrole nitrogens is 1. The molecule has 1 N–H and O–H groups in total. The fraction of sp³-hybridized carbons (Fsp3) is 0.0625. The van der Waals surface area contributed by atoms with Gasteiger partial charge in [-0.15, -0.1) is 0 Å². The highest BCUT2D eigenvalue weighted by Crippen LogP contribution is 2.28. The van der Waals surface area contributed by atoms with E-state index in [0.29, 0.717) is 21.2 Å². The quantitative estimate of drug-likeness (QED) is 0.663. The first kappa shape index (κ1) is 13.2. The van der Waals surface area contributed by atoms with Crippen LogP contribution in [0.15, 0.2) is 42.5 Å². The number of carbonyl (C=O) groups excluding carboxylic acids is 1. The number of halogens is 2. The Labute approximate surface area is 126 Å². The van der Waals surface area contributed by atoms with Crippen LogP contribution in [0.5, 0.6) is 0 Å². The average Bonchev–Trinajstić information content (AvgIpc) is 2.73. The summed E-state index contributed by atoms with van der Waals surface area (Å²) in [5.41, 5.74) is 2.90. The number of aryl methyl sites for hydroxylation is 1. The van der Waals surface area contributed by atoms with Crippen molar-refractivity contribution in [3.05, 3.63) is 69.3 Å². The van der Waals surface area contributed by atoms with Gasteiger partial charge in [-0.25, -0.2) is 0 Å². The second-order valence-electron chi connectivity index (χ2n) is 4.62. The lowest BCUT2D eigenvalue weighted by molar-refractivity contribution is 0.104. The van der Waals surface area contributed by atoms with Crippen molar-refractivity contribution in [2.75, 3.05) is 0 Å². The first-order chi connectivity index (χ1) is 9.58. The number of nitrogens with one attached hydrogen (secondary N) is 1. The fourth-order valence-electron chi connectivity index (χ4n) is 2.38. The van der Waals surface area contributed by atoms with E-state index in [1.54, 1.807) is 18.2 Å². The van der Waals surface area contributed by atoms with Crippen LogP contribution in [0.2, 0.25) is 10.0 Å². The monoisotopic (exact) mass is 303 g/mol. The third-order valence-corrected chi connectivity index (χ3v) is 3.84. The number of fused-ring (bicyclic) bond motifs is 1. The predicted octanol–water partition coefficient (Wildman–Crippen LogP) is 5.01. The van der Waals surface area contributed by atoms with Gasteiger partial charge in [0.1, 0.15) is 0 Å². The molecule has 0 amide bonds. The molecule has 1 heterocycles. The lowest BCUT2D eigenvalue weighted by atomic mass is 10.0. The molecule has 0 spiro atoms. The highest BCUT2D eigenvalue weighted by Gasteiger charge is 2.19. The van der Waals surface area contributed by atoms with Crippen LogP contribution in [-0.4, -0.2) is 10.8 Å². The summed E-state index contributed by atoms with van der Waals surface area (Å²) in [6.45, 7) is 1.89. The van der Waals surface area contributed by atoms with Gasteiger partial charge >= 0.3 is 0 Å². The molecule has 100 valence electrons. The van der Waals surface area contributed by atoms with E-state index in [1.165, 1.54) is 0 Å². The fourth-order valence-corrected chi connectivity index (χ4v) is 2.87. The Morgan fingerprint density at radius 3 is 2.60 bits per heavy atom. The molecular weight excluding hydrogens is 293 g/mol. The Bertz CT molecular complexity index is 820. The summed E-state index contributed by atoms with van der Waals surface area (Å²) in [4.78, 5) is 15.9. The van der Waals surface area contributed by atoms with Gasteiger partial charge < -0.3 is 4.98 Å². The number of benzene rings is 2. The largest absolute Gasteiger partial charge is 0.358 e. The topological polar surface area (TPSA) is 32.9 Å².